The van der Waals surface area contributed by atoms with Crippen molar-refractivity contribution < 1.29 is 0 Å². The second-order valence-electron chi connectivity index (χ2n) is 19.6. The molecule has 8 heteroatoms. The summed E-state index contributed by atoms with van der Waals surface area (Å²) in [5.41, 5.74) is 0. The zero-order chi connectivity index (χ0) is 31.3. The summed E-state index contributed by atoms with van der Waals surface area (Å²) >= 11 is 0. The highest BCUT2D eigenvalue weighted by molar-refractivity contribution is 5.10. The minimum Gasteiger partial charge on any atom is -0.286 e. The summed E-state index contributed by atoms with van der Waals surface area (Å²) in [6.07, 6.45) is 32.1. The molecule has 6 saturated carbocycles. The van der Waals surface area contributed by atoms with Crippen LogP contribution in [0.3, 0.4) is 0 Å². The molecule has 6 aliphatic carbocycles. The highest BCUT2D eigenvalue weighted by atomic mass is 15.4. The van der Waals surface area contributed by atoms with Gasteiger partial charge >= 0.3 is 0 Å². The van der Waals surface area contributed by atoms with E-state index in [1.807, 2.05) is 0 Å². The Labute approximate surface area is 290 Å². The molecule has 0 aromatic carbocycles. The minimum absolute atomic E-state index is 0.415. The van der Waals surface area contributed by atoms with Gasteiger partial charge in [0.15, 0.2) is 0 Å². The summed E-state index contributed by atoms with van der Waals surface area (Å²) in [5.74, 6) is 9.79. The Balaban J connectivity index is 0.941. The molecule has 5 aliphatic heterocycles. The average Bonchev–Trinajstić information content (AvgIpc) is 3.85. The third kappa shape index (κ3) is 5.26. The van der Waals surface area contributed by atoms with E-state index in [4.69, 9.17) is 0 Å². The van der Waals surface area contributed by atoms with Crippen LogP contribution in [0.4, 0.5) is 0 Å². The lowest BCUT2D eigenvalue weighted by Crippen LogP contribution is -2.61. The number of fused-ring (bicyclic) bond motifs is 22. The topological polar surface area (TPSA) is 96.2 Å². The predicted molar refractivity (Wildman–Crippen MR) is 190 cm³/mol. The van der Waals surface area contributed by atoms with Crippen LogP contribution in [-0.4, -0.2) is 49.3 Å². The zero-order valence-electron chi connectivity index (χ0n) is 29.7. The van der Waals surface area contributed by atoms with E-state index in [0.717, 1.165) is 71.0 Å². The molecule has 11 aliphatic rings. The fraction of sp³-hybridized carbons (Fsp3) is 1.00. The number of rotatable bonds is 0. The van der Waals surface area contributed by atoms with Crippen molar-refractivity contribution in [3.63, 3.8) is 0 Å². The fourth-order valence-corrected chi connectivity index (χ4v) is 15.4. The van der Waals surface area contributed by atoms with E-state index in [0.29, 0.717) is 49.3 Å². The Morgan fingerprint density at radius 2 is 0.396 bits per heavy atom. The van der Waals surface area contributed by atoms with Crippen molar-refractivity contribution in [1.82, 2.24) is 42.5 Å². The largest absolute Gasteiger partial charge is 0.286 e. The molecule has 11 rings (SSSR count). The van der Waals surface area contributed by atoms with Gasteiger partial charge in [-0.25, -0.2) is 0 Å². The molecule has 0 spiro atoms. The molecular formula is C40H68N8. The van der Waals surface area contributed by atoms with Gasteiger partial charge in [0, 0.05) is 0 Å². The third-order valence-corrected chi connectivity index (χ3v) is 17.6. The van der Waals surface area contributed by atoms with Crippen LogP contribution >= 0.6 is 0 Å². The van der Waals surface area contributed by atoms with Crippen LogP contribution in [0.5, 0.6) is 0 Å². The molecule has 8 bridgehead atoms. The van der Waals surface area contributed by atoms with E-state index in [1.165, 1.54) is 128 Å². The van der Waals surface area contributed by atoms with Gasteiger partial charge < -0.3 is 0 Å². The van der Waals surface area contributed by atoms with E-state index in [-0.39, 0.29) is 0 Å². The molecule has 0 aromatic heterocycles. The first kappa shape index (κ1) is 31.2. The lowest BCUT2D eigenvalue weighted by molar-refractivity contribution is 0.0577. The smallest absolute Gasteiger partial charge is 0.0628 e. The molecule has 5 saturated heterocycles. The number of hydrogen-bond donors (Lipinski definition) is 8. The summed E-state index contributed by atoms with van der Waals surface area (Å²) in [6, 6.07) is 0. The molecule has 5 heterocycles. The van der Waals surface area contributed by atoms with Gasteiger partial charge in [0.05, 0.1) is 49.3 Å². The van der Waals surface area contributed by atoms with Gasteiger partial charge in [-0.3, -0.25) is 42.5 Å². The first-order chi connectivity index (χ1) is 23.7. The molecular weight excluding hydrogens is 592 g/mol. The van der Waals surface area contributed by atoms with E-state index < -0.39 is 0 Å². The van der Waals surface area contributed by atoms with Crippen LogP contribution in [0.15, 0.2) is 0 Å². The highest BCUT2D eigenvalue weighted by Gasteiger charge is 2.57. The van der Waals surface area contributed by atoms with Crippen LogP contribution in [0, 0.1) is 71.0 Å². The predicted octanol–water partition coefficient (Wildman–Crippen LogP) is 4.66. The molecule has 20 atom stereocenters. The first-order valence-corrected chi connectivity index (χ1v) is 21.8. The van der Waals surface area contributed by atoms with Gasteiger partial charge in [0.2, 0.25) is 0 Å². The molecule has 0 amide bonds. The molecule has 8 N–H and O–H groups in total. The van der Waals surface area contributed by atoms with Crippen LogP contribution in [-0.2, 0) is 0 Å². The summed E-state index contributed by atoms with van der Waals surface area (Å²) in [4.78, 5) is 0. The van der Waals surface area contributed by atoms with Crippen molar-refractivity contribution in [2.45, 2.75) is 178 Å². The maximum Gasteiger partial charge on any atom is 0.0628 e. The minimum atomic E-state index is 0.415. The van der Waals surface area contributed by atoms with Crippen LogP contribution in [0.25, 0.3) is 0 Å². The maximum atomic E-state index is 4.45. The van der Waals surface area contributed by atoms with Crippen LogP contribution in [0.1, 0.15) is 128 Å². The van der Waals surface area contributed by atoms with Gasteiger partial charge in [-0.15, -0.1) is 0 Å². The zero-order valence-corrected chi connectivity index (χ0v) is 29.7. The molecule has 48 heavy (non-hydrogen) atoms. The molecule has 268 valence electrons. The lowest BCUT2D eigenvalue weighted by atomic mass is 9.62. The molecule has 0 aromatic rings. The quantitative estimate of drug-likeness (QED) is 0.190. The lowest BCUT2D eigenvalue weighted by Gasteiger charge is -2.45. The second kappa shape index (κ2) is 12.7. The average molecular weight is 661 g/mol. The van der Waals surface area contributed by atoms with Crippen LogP contribution in [0.2, 0.25) is 0 Å². The van der Waals surface area contributed by atoms with Gasteiger partial charge in [-0.2, -0.15) is 0 Å². The van der Waals surface area contributed by atoms with E-state index >= 15 is 0 Å². The number of nitrogens with one attached hydrogen (secondary N) is 8. The maximum absolute atomic E-state index is 4.45. The van der Waals surface area contributed by atoms with Crippen molar-refractivity contribution in [2.24, 2.45) is 71.0 Å². The SMILES string of the molecule is C1CCC2CC3C4NC(NC5NC(NC6NC(NC7NC(N4)C4CC8CCCCC8CC74)C4CCCCC64)C4CCCCC54)C3CC2C1. The van der Waals surface area contributed by atoms with Gasteiger partial charge in [0.1, 0.15) is 0 Å². The Kier molecular flexibility index (Phi) is 8.24. The summed E-state index contributed by atoms with van der Waals surface area (Å²) in [7, 11) is 0. The number of hydrogen-bond acceptors (Lipinski definition) is 8. The molecule has 8 nitrogen and oxygen atoms in total. The van der Waals surface area contributed by atoms with Crippen molar-refractivity contribution >= 4 is 0 Å². The monoisotopic (exact) mass is 661 g/mol. The Morgan fingerprint density at radius 1 is 0.208 bits per heavy atom. The summed E-state index contributed by atoms with van der Waals surface area (Å²) in [6.45, 7) is 0. The molecule has 11 fully saturated rings. The first-order valence-electron chi connectivity index (χ1n) is 21.8. The van der Waals surface area contributed by atoms with Gasteiger partial charge in [-0.1, -0.05) is 77.0 Å². The van der Waals surface area contributed by atoms with Gasteiger partial charge in [0.25, 0.3) is 0 Å². The van der Waals surface area contributed by atoms with Crippen molar-refractivity contribution in [3.05, 3.63) is 0 Å². The van der Waals surface area contributed by atoms with E-state index in [9.17, 15) is 0 Å². The van der Waals surface area contributed by atoms with Crippen molar-refractivity contribution in [3.8, 4) is 0 Å². The summed E-state index contributed by atoms with van der Waals surface area (Å²) < 4.78 is 0. The standard InChI is InChI=1S/C40H68N8/c1-3-11-23-19-31-29(17-21(23)9-1)37-44-35-27-15-7-5-13-25(27)33(42-35)41-34-26-14-6-8-16-28(26)36(43-34)45-38-30-18-22-10-2-4-12-24(22)20-32(30)40(47-38)48-39(31)46-37/h21-48H,1-20H2. The summed E-state index contributed by atoms with van der Waals surface area (Å²) in [5, 5.41) is 34.8. The van der Waals surface area contributed by atoms with Gasteiger partial charge in [-0.05, 0) is 122 Å². The van der Waals surface area contributed by atoms with Crippen LogP contribution < -0.4 is 42.5 Å². The molecule has 20 unspecified atom stereocenters. The molecule has 0 radical (unpaired) electrons. The third-order valence-electron chi connectivity index (χ3n) is 17.6. The van der Waals surface area contributed by atoms with E-state index in [2.05, 4.69) is 42.5 Å². The van der Waals surface area contributed by atoms with E-state index in [1.54, 1.807) is 0 Å². The Bertz CT molecular complexity index is 1080. The van der Waals surface area contributed by atoms with Crippen molar-refractivity contribution in [2.75, 3.05) is 0 Å². The van der Waals surface area contributed by atoms with Crippen molar-refractivity contribution in [1.29, 1.82) is 0 Å². The highest BCUT2D eigenvalue weighted by Crippen LogP contribution is 2.52. The Hall–Kier alpha value is -0.320. The Morgan fingerprint density at radius 3 is 0.625 bits per heavy atom. The second-order valence-corrected chi connectivity index (χ2v) is 19.6. The normalized spacial score (nSPS) is 59.0. The fourth-order valence-electron chi connectivity index (χ4n) is 15.4.